The SMILES string of the molecule is CCc1nccn1CCC1CCCC1N. The Morgan fingerprint density at radius 2 is 2.40 bits per heavy atom. The molecule has 2 atom stereocenters. The molecule has 1 aromatic rings. The van der Waals surface area contributed by atoms with Gasteiger partial charge in [0.05, 0.1) is 0 Å². The first-order valence-corrected chi connectivity index (χ1v) is 6.07. The Morgan fingerprint density at radius 1 is 1.53 bits per heavy atom. The zero-order chi connectivity index (χ0) is 10.7. The molecular formula is C12H21N3. The van der Waals surface area contributed by atoms with Crippen LogP contribution in [-0.4, -0.2) is 15.6 Å². The molecular weight excluding hydrogens is 186 g/mol. The van der Waals surface area contributed by atoms with Crippen LogP contribution in [0.3, 0.4) is 0 Å². The summed E-state index contributed by atoms with van der Waals surface area (Å²) in [6.45, 7) is 3.24. The van der Waals surface area contributed by atoms with E-state index in [1.807, 2.05) is 6.20 Å². The Balaban J connectivity index is 1.87. The average Bonchev–Trinajstić information content (AvgIpc) is 2.83. The fourth-order valence-electron chi connectivity index (χ4n) is 2.59. The maximum absolute atomic E-state index is 6.06. The van der Waals surface area contributed by atoms with Crippen LogP contribution in [-0.2, 0) is 13.0 Å². The van der Waals surface area contributed by atoms with Crippen molar-refractivity contribution in [2.45, 2.75) is 51.6 Å². The molecule has 1 heterocycles. The van der Waals surface area contributed by atoms with Crippen LogP contribution in [0.2, 0.25) is 0 Å². The lowest BCUT2D eigenvalue weighted by Gasteiger charge is -2.16. The highest BCUT2D eigenvalue weighted by Gasteiger charge is 2.23. The number of nitrogens with zero attached hydrogens (tertiary/aromatic N) is 2. The smallest absolute Gasteiger partial charge is 0.108 e. The van der Waals surface area contributed by atoms with Crippen molar-refractivity contribution in [3.05, 3.63) is 18.2 Å². The standard InChI is InChI=1S/C12H21N3/c1-2-12-14-7-9-15(12)8-6-10-4-3-5-11(10)13/h7,9-11H,2-6,8,13H2,1H3. The van der Waals surface area contributed by atoms with Gasteiger partial charge in [0, 0.05) is 31.4 Å². The van der Waals surface area contributed by atoms with E-state index in [4.69, 9.17) is 5.73 Å². The molecule has 2 unspecified atom stereocenters. The Hall–Kier alpha value is -0.830. The van der Waals surface area contributed by atoms with Gasteiger partial charge in [-0.15, -0.1) is 0 Å². The van der Waals surface area contributed by atoms with Gasteiger partial charge in [0.1, 0.15) is 5.82 Å². The maximum atomic E-state index is 6.06. The van der Waals surface area contributed by atoms with E-state index in [-0.39, 0.29) is 0 Å². The first kappa shape index (κ1) is 10.7. The first-order chi connectivity index (χ1) is 7.31. The van der Waals surface area contributed by atoms with Crippen molar-refractivity contribution in [3.8, 4) is 0 Å². The molecule has 84 valence electrons. The Labute approximate surface area is 91.7 Å². The molecule has 0 spiro atoms. The minimum absolute atomic E-state index is 0.443. The molecule has 0 bridgehead atoms. The molecule has 2 rings (SSSR count). The molecule has 3 heteroatoms. The molecule has 1 saturated carbocycles. The van der Waals surface area contributed by atoms with Crippen molar-refractivity contribution in [2.75, 3.05) is 0 Å². The van der Waals surface area contributed by atoms with Gasteiger partial charge in [0.2, 0.25) is 0 Å². The van der Waals surface area contributed by atoms with Gasteiger partial charge in [-0.25, -0.2) is 4.98 Å². The number of hydrogen-bond acceptors (Lipinski definition) is 2. The predicted octanol–water partition coefficient (Wildman–Crippen LogP) is 1.96. The van der Waals surface area contributed by atoms with Crippen molar-refractivity contribution in [1.29, 1.82) is 0 Å². The second-order valence-corrected chi connectivity index (χ2v) is 4.53. The van der Waals surface area contributed by atoms with Gasteiger partial charge in [-0.3, -0.25) is 0 Å². The highest BCUT2D eigenvalue weighted by atomic mass is 15.1. The van der Waals surface area contributed by atoms with Crippen LogP contribution >= 0.6 is 0 Å². The normalized spacial score (nSPS) is 26.0. The summed E-state index contributed by atoms with van der Waals surface area (Å²) >= 11 is 0. The summed E-state index contributed by atoms with van der Waals surface area (Å²) in [5.74, 6) is 1.93. The number of nitrogens with two attached hydrogens (primary N) is 1. The molecule has 0 aliphatic heterocycles. The second kappa shape index (κ2) is 4.79. The lowest BCUT2D eigenvalue weighted by atomic mass is 10.0. The topological polar surface area (TPSA) is 43.8 Å². The molecule has 1 fully saturated rings. The third-order valence-electron chi connectivity index (χ3n) is 3.58. The molecule has 1 aromatic heterocycles. The molecule has 0 radical (unpaired) electrons. The van der Waals surface area contributed by atoms with Gasteiger partial charge in [-0.05, 0) is 25.2 Å². The Morgan fingerprint density at radius 3 is 3.07 bits per heavy atom. The number of rotatable bonds is 4. The monoisotopic (exact) mass is 207 g/mol. The van der Waals surface area contributed by atoms with Gasteiger partial charge in [0.15, 0.2) is 0 Å². The third kappa shape index (κ3) is 2.40. The lowest BCUT2D eigenvalue weighted by Crippen LogP contribution is -2.25. The van der Waals surface area contributed by atoms with E-state index in [0.717, 1.165) is 18.9 Å². The van der Waals surface area contributed by atoms with Gasteiger partial charge >= 0.3 is 0 Å². The molecule has 15 heavy (non-hydrogen) atoms. The van der Waals surface area contributed by atoms with Crippen molar-refractivity contribution in [2.24, 2.45) is 11.7 Å². The highest BCUT2D eigenvalue weighted by Crippen LogP contribution is 2.27. The fraction of sp³-hybridized carbons (Fsp3) is 0.750. The van der Waals surface area contributed by atoms with Crippen LogP contribution in [0, 0.1) is 5.92 Å². The van der Waals surface area contributed by atoms with E-state index in [1.165, 1.54) is 31.5 Å². The Bertz CT molecular complexity index is 306. The summed E-state index contributed by atoms with van der Waals surface area (Å²) in [5.41, 5.74) is 6.06. The van der Waals surface area contributed by atoms with E-state index in [9.17, 15) is 0 Å². The maximum Gasteiger partial charge on any atom is 0.108 e. The zero-order valence-electron chi connectivity index (χ0n) is 9.52. The van der Waals surface area contributed by atoms with Crippen LogP contribution in [0.4, 0.5) is 0 Å². The lowest BCUT2D eigenvalue weighted by molar-refractivity contribution is 0.411. The molecule has 0 aromatic carbocycles. The van der Waals surface area contributed by atoms with Gasteiger partial charge < -0.3 is 10.3 Å². The van der Waals surface area contributed by atoms with E-state index < -0.39 is 0 Å². The largest absolute Gasteiger partial charge is 0.335 e. The molecule has 0 saturated heterocycles. The predicted molar refractivity (Wildman–Crippen MR) is 61.5 cm³/mol. The molecule has 0 amide bonds. The van der Waals surface area contributed by atoms with Gasteiger partial charge in [-0.2, -0.15) is 0 Å². The van der Waals surface area contributed by atoms with Gasteiger partial charge in [0.25, 0.3) is 0 Å². The van der Waals surface area contributed by atoms with Crippen molar-refractivity contribution in [1.82, 2.24) is 9.55 Å². The molecule has 1 aliphatic rings. The van der Waals surface area contributed by atoms with Crippen LogP contribution < -0.4 is 5.73 Å². The van der Waals surface area contributed by atoms with E-state index in [1.54, 1.807) is 0 Å². The summed E-state index contributed by atoms with van der Waals surface area (Å²) in [4.78, 5) is 4.33. The number of imidazole rings is 1. The minimum Gasteiger partial charge on any atom is -0.335 e. The van der Waals surface area contributed by atoms with E-state index in [2.05, 4.69) is 22.7 Å². The average molecular weight is 207 g/mol. The summed E-state index contributed by atoms with van der Waals surface area (Å²) in [6.07, 6.45) is 10.1. The number of aryl methyl sites for hydroxylation is 2. The minimum atomic E-state index is 0.443. The second-order valence-electron chi connectivity index (χ2n) is 4.53. The quantitative estimate of drug-likeness (QED) is 0.820. The van der Waals surface area contributed by atoms with Crippen LogP contribution in [0.5, 0.6) is 0 Å². The first-order valence-electron chi connectivity index (χ1n) is 6.07. The van der Waals surface area contributed by atoms with Crippen molar-refractivity contribution < 1.29 is 0 Å². The van der Waals surface area contributed by atoms with Crippen LogP contribution in [0.25, 0.3) is 0 Å². The third-order valence-corrected chi connectivity index (χ3v) is 3.58. The summed E-state index contributed by atoms with van der Waals surface area (Å²) < 4.78 is 2.27. The summed E-state index contributed by atoms with van der Waals surface area (Å²) in [7, 11) is 0. The number of hydrogen-bond donors (Lipinski definition) is 1. The zero-order valence-corrected chi connectivity index (χ0v) is 9.52. The fourth-order valence-corrected chi connectivity index (χ4v) is 2.59. The number of aromatic nitrogens is 2. The van der Waals surface area contributed by atoms with Crippen molar-refractivity contribution in [3.63, 3.8) is 0 Å². The molecule has 3 nitrogen and oxygen atoms in total. The Kier molecular flexibility index (Phi) is 3.41. The van der Waals surface area contributed by atoms with E-state index in [0.29, 0.717) is 6.04 Å². The molecule has 2 N–H and O–H groups in total. The van der Waals surface area contributed by atoms with Crippen molar-refractivity contribution >= 4 is 0 Å². The summed E-state index contributed by atoms with van der Waals surface area (Å²) in [6, 6.07) is 0.443. The van der Waals surface area contributed by atoms with Crippen LogP contribution in [0.15, 0.2) is 12.4 Å². The van der Waals surface area contributed by atoms with Crippen LogP contribution in [0.1, 0.15) is 38.4 Å². The molecule has 1 aliphatic carbocycles. The van der Waals surface area contributed by atoms with E-state index >= 15 is 0 Å². The summed E-state index contributed by atoms with van der Waals surface area (Å²) in [5, 5.41) is 0. The highest BCUT2D eigenvalue weighted by molar-refractivity contribution is 4.92. The van der Waals surface area contributed by atoms with Gasteiger partial charge in [-0.1, -0.05) is 13.3 Å².